The second-order valence-corrected chi connectivity index (χ2v) is 6.24. The number of nitrogens with zero attached hydrogens (tertiary/aromatic N) is 1. The van der Waals surface area contributed by atoms with Crippen LogP contribution in [0.15, 0.2) is 60.0 Å². The summed E-state index contributed by atoms with van der Waals surface area (Å²) in [5.74, 6) is -0.729. The molecule has 3 aromatic rings. The third-order valence-corrected chi connectivity index (χ3v) is 4.27. The van der Waals surface area contributed by atoms with Crippen molar-refractivity contribution in [2.24, 2.45) is 0 Å². The maximum Gasteiger partial charge on any atom is 0.339 e. The molecule has 0 saturated carbocycles. The van der Waals surface area contributed by atoms with E-state index in [9.17, 15) is 9.59 Å². The number of rotatable bonds is 5. The molecule has 0 N–H and O–H groups in total. The highest BCUT2D eigenvalue weighted by Gasteiger charge is 2.19. The van der Waals surface area contributed by atoms with Gasteiger partial charge in [0.1, 0.15) is 6.61 Å². The predicted molar refractivity (Wildman–Crippen MR) is 92.3 cm³/mol. The summed E-state index contributed by atoms with van der Waals surface area (Å²) in [6.07, 6.45) is 0. The molecule has 0 aliphatic heterocycles. The van der Waals surface area contributed by atoms with Crippen molar-refractivity contribution in [3.05, 3.63) is 87.4 Å². The van der Waals surface area contributed by atoms with Gasteiger partial charge in [0.2, 0.25) is 0 Å². The van der Waals surface area contributed by atoms with Crippen LogP contribution in [0, 0.1) is 6.92 Å². The van der Waals surface area contributed by atoms with Crippen LogP contribution in [-0.4, -0.2) is 16.7 Å². The summed E-state index contributed by atoms with van der Waals surface area (Å²) in [7, 11) is 0. The molecule has 0 fully saturated rings. The van der Waals surface area contributed by atoms with Gasteiger partial charge >= 0.3 is 5.97 Å². The first-order chi connectivity index (χ1) is 11.6. The van der Waals surface area contributed by atoms with E-state index >= 15 is 0 Å². The van der Waals surface area contributed by atoms with Crippen LogP contribution < -0.4 is 0 Å². The Morgan fingerprint density at radius 2 is 1.67 bits per heavy atom. The highest BCUT2D eigenvalue weighted by molar-refractivity contribution is 7.09. The largest absolute Gasteiger partial charge is 0.456 e. The third-order valence-electron chi connectivity index (χ3n) is 3.45. The molecule has 5 heteroatoms. The summed E-state index contributed by atoms with van der Waals surface area (Å²) in [5, 5.41) is 2.77. The lowest BCUT2D eigenvalue weighted by Crippen LogP contribution is -2.12. The average Bonchev–Trinajstić information content (AvgIpc) is 3.05. The SMILES string of the molecule is Cc1nc(COC(=O)c2ccccc2C(=O)c2ccccc2)cs1. The minimum Gasteiger partial charge on any atom is -0.456 e. The van der Waals surface area contributed by atoms with Gasteiger partial charge in [-0.3, -0.25) is 4.79 Å². The van der Waals surface area contributed by atoms with Gasteiger partial charge in [0, 0.05) is 16.5 Å². The van der Waals surface area contributed by atoms with Gasteiger partial charge in [0.25, 0.3) is 0 Å². The van der Waals surface area contributed by atoms with Crippen molar-refractivity contribution in [3.8, 4) is 0 Å². The van der Waals surface area contributed by atoms with Crippen LogP contribution in [0.3, 0.4) is 0 Å². The second kappa shape index (κ2) is 7.19. The smallest absolute Gasteiger partial charge is 0.339 e. The fraction of sp³-hybridized carbons (Fsp3) is 0.105. The number of hydrogen-bond acceptors (Lipinski definition) is 5. The van der Waals surface area contributed by atoms with E-state index in [0.29, 0.717) is 16.8 Å². The predicted octanol–water partition coefficient (Wildman–Crippen LogP) is 4.04. The second-order valence-electron chi connectivity index (χ2n) is 5.17. The lowest BCUT2D eigenvalue weighted by atomic mass is 9.98. The number of hydrogen-bond donors (Lipinski definition) is 0. The molecule has 1 heterocycles. The molecule has 0 unspecified atom stereocenters. The van der Waals surface area contributed by atoms with Gasteiger partial charge in [-0.05, 0) is 13.0 Å². The van der Waals surface area contributed by atoms with E-state index in [-0.39, 0.29) is 18.0 Å². The molecular weight excluding hydrogens is 322 g/mol. The van der Waals surface area contributed by atoms with Crippen LogP contribution in [0.1, 0.15) is 37.0 Å². The van der Waals surface area contributed by atoms with Crippen molar-refractivity contribution in [2.45, 2.75) is 13.5 Å². The van der Waals surface area contributed by atoms with E-state index in [1.165, 1.54) is 11.3 Å². The average molecular weight is 337 g/mol. The van der Waals surface area contributed by atoms with Crippen molar-refractivity contribution < 1.29 is 14.3 Å². The summed E-state index contributed by atoms with van der Waals surface area (Å²) in [6.45, 7) is 1.99. The van der Waals surface area contributed by atoms with Crippen LogP contribution in [0.2, 0.25) is 0 Å². The fourth-order valence-electron chi connectivity index (χ4n) is 2.30. The van der Waals surface area contributed by atoms with Crippen LogP contribution >= 0.6 is 11.3 Å². The molecule has 0 atom stereocenters. The molecule has 4 nitrogen and oxygen atoms in total. The monoisotopic (exact) mass is 337 g/mol. The molecule has 0 aliphatic carbocycles. The van der Waals surface area contributed by atoms with E-state index < -0.39 is 5.97 Å². The molecular formula is C19H15NO3S. The maximum atomic E-state index is 12.6. The highest BCUT2D eigenvalue weighted by atomic mass is 32.1. The first-order valence-electron chi connectivity index (χ1n) is 7.42. The van der Waals surface area contributed by atoms with Gasteiger partial charge in [-0.1, -0.05) is 48.5 Å². The minimum absolute atomic E-state index is 0.0943. The van der Waals surface area contributed by atoms with Gasteiger partial charge < -0.3 is 4.74 Å². The van der Waals surface area contributed by atoms with Gasteiger partial charge in [-0.25, -0.2) is 9.78 Å². The summed E-state index contributed by atoms with van der Waals surface area (Å²) < 4.78 is 5.31. The molecule has 1 aromatic heterocycles. The minimum atomic E-state index is -0.527. The van der Waals surface area contributed by atoms with Crippen LogP contribution in [-0.2, 0) is 11.3 Å². The van der Waals surface area contributed by atoms with Crippen LogP contribution in [0.4, 0.5) is 0 Å². The Morgan fingerprint density at radius 1 is 1.00 bits per heavy atom. The zero-order chi connectivity index (χ0) is 16.9. The third kappa shape index (κ3) is 3.58. The molecule has 0 aliphatic rings. The number of esters is 1. The number of aromatic nitrogens is 1. The van der Waals surface area contributed by atoms with Gasteiger partial charge in [-0.2, -0.15) is 0 Å². The van der Waals surface area contributed by atoms with E-state index in [1.807, 2.05) is 18.4 Å². The van der Waals surface area contributed by atoms with Gasteiger partial charge in [0.15, 0.2) is 5.78 Å². The van der Waals surface area contributed by atoms with E-state index in [1.54, 1.807) is 48.5 Å². The molecule has 120 valence electrons. The van der Waals surface area contributed by atoms with E-state index in [2.05, 4.69) is 4.98 Å². The number of benzene rings is 2. The number of thiazole rings is 1. The number of carbonyl (C=O) groups excluding carboxylic acids is 2. The molecule has 0 bridgehead atoms. The molecule has 0 amide bonds. The molecule has 0 saturated heterocycles. The zero-order valence-electron chi connectivity index (χ0n) is 13.1. The number of ether oxygens (including phenoxy) is 1. The molecule has 3 rings (SSSR count). The van der Waals surface area contributed by atoms with Crippen molar-refractivity contribution in [3.63, 3.8) is 0 Å². The Labute approximate surface area is 143 Å². The van der Waals surface area contributed by atoms with E-state index in [4.69, 9.17) is 4.74 Å². The Morgan fingerprint density at radius 3 is 2.33 bits per heavy atom. The highest BCUT2D eigenvalue weighted by Crippen LogP contribution is 2.17. The van der Waals surface area contributed by atoms with Crippen molar-refractivity contribution in [1.29, 1.82) is 0 Å². The summed E-state index contributed by atoms with van der Waals surface area (Å²) >= 11 is 1.50. The van der Waals surface area contributed by atoms with Crippen molar-refractivity contribution >= 4 is 23.1 Å². The quantitative estimate of drug-likeness (QED) is 0.521. The standard InChI is InChI=1S/C19H15NO3S/c1-13-20-15(12-24-13)11-23-19(22)17-10-6-5-9-16(17)18(21)14-7-3-2-4-8-14/h2-10,12H,11H2,1H3. The first kappa shape index (κ1) is 16.1. The Kier molecular flexibility index (Phi) is 4.82. The molecule has 0 radical (unpaired) electrons. The first-order valence-corrected chi connectivity index (χ1v) is 8.30. The number of ketones is 1. The van der Waals surface area contributed by atoms with E-state index in [0.717, 1.165) is 5.01 Å². The van der Waals surface area contributed by atoms with Crippen molar-refractivity contribution in [2.75, 3.05) is 0 Å². The Balaban J connectivity index is 1.81. The van der Waals surface area contributed by atoms with Gasteiger partial charge in [-0.15, -0.1) is 11.3 Å². The van der Waals surface area contributed by atoms with Crippen molar-refractivity contribution in [1.82, 2.24) is 4.98 Å². The van der Waals surface area contributed by atoms with Crippen LogP contribution in [0.25, 0.3) is 0 Å². The molecule has 2 aromatic carbocycles. The van der Waals surface area contributed by atoms with Crippen LogP contribution in [0.5, 0.6) is 0 Å². The lowest BCUT2D eigenvalue weighted by Gasteiger charge is -2.08. The normalized spacial score (nSPS) is 10.4. The summed E-state index contributed by atoms with van der Waals surface area (Å²) in [5.41, 5.74) is 1.84. The lowest BCUT2D eigenvalue weighted by molar-refractivity contribution is 0.0465. The fourth-order valence-corrected chi connectivity index (χ4v) is 2.89. The summed E-state index contributed by atoms with van der Waals surface area (Å²) in [4.78, 5) is 29.3. The van der Waals surface area contributed by atoms with Gasteiger partial charge in [0.05, 0.1) is 16.3 Å². The maximum absolute atomic E-state index is 12.6. The Bertz CT molecular complexity index is 871. The topological polar surface area (TPSA) is 56.3 Å². The number of carbonyl (C=O) groups is 2. The summed E-state index contributed by atoms with van der Waals surface area (Å²) in [6, 6.07) is 15.6. The number of aryl methyl sites for hydroxylation is 1. The Hall–Kier alpha value is -2.79. The zero-order valence-corrected chi connectivity index (χ0v) is 13.9. The molecule has 24 heavy (non-hydrogen) atoms. The molecule has 0 spiro atoms.